The quantitative estimate of drug-likeness (QED) is 0.601. The average Bonchev–Trinajstić information content (AvgIpc) is 2.72. The molecule has 0 aliphatic carbocycles. The molecule has 2 amide bonds. The second-order valence-corrected chi connectivity index (χ2v) is 7.57. The number of hydrogen-bond acceptors (Lipinski definition) is 3. The van der Waals surface area contributed by atoms with Crippen LogP contribution in [0.15, 0.2) is 42.5 Å². The maximum absolute atomic E-state index is 12.9. The van der Waals surface area contributed by atoms with Crippen LogP contribution in [0.5, 0.6) is 5.75 Å². The van der Waals surface area contributed by atoms with Crippen LogP contribution in [-0.4, -0.2) is 41.8 Å². The van der Waals surface area contributed by atoms with Crippen molar-refractivity contribution in [2.75, 3.05) is 11.9 Å². The average molecular weight is 474 g/mol. The third kappa shape index (κ3) is 5.96. The topological polar surface area (TPSA) is 58.6 Å². The number of ether oxygens (including phenoxy) is 1. The number of rotatable bonds is 4. The number of aryl methyl sites for hydroxylation is 1. The Morgan fingerprint density at radius 2 is 1.70 bits per heavy atom. The van der Waals surface area contributed by atoms with E-state index in [1.807, 2.05) is 0 Å². The normalized spacial score (nSPS) is 16.9. The minimum Gasteiger partial charge on any atom is -0.405 e. The summed E-state index contributed by atoms with van der Waals surface area (Å²) in [4.78, 5) is 24.9. The summed E-state index contributed by atoms with van der Waals surface area (Å²) in [5.41, 5.74) is 1.33. The van der Waals surface area contributed by atoms with E-state index in [-0.39, 0.29) is 24.2 Å². The largest absolute Gasteiger partial charge is 0.573 e. The second-order valence-electron chi connectivity index (χ2n) is 7.57. The van der Waals surface area contributed by atoms with Crippen LogP contribution in [0.3, 0.4) is 0 Å². The van der Waals surface area contributed by atoms with Gasteiger partial charge in [-0.25, -0.2) is 0 Å². The van der Waals surface area contributed by atoms with Crippen molar-refractivity contribution in [1.29, 1.82) is 0 Å². The van der Waals surface area contributed by atoms with Gasteiger partial charge in [-0.05, 0) is 55.5 Å². The summed E-state index contributed by atoms with van der Waals surface area (Å²) in [5, 5.41) is 2.51. The maximum Gasteiger partial charge on any atom is 0.573 e. The molecule has 33 heavy (non-hydrogen) atoms. The molecule has 5 nitrogen and oxygen atoms in total. The maximum atomic E-state index is 12.9. The Hall–Kier alpha value is -3.24. The molecular weight excluding hydrogens is 454 g/mol. The van der Waals surface area contributed by atoms with Crippen LogP contribution in [0.4, 0.5) is 32.0 Å². The van der Waals surface area contributed by atoms with Crippen molar-refractivity contribution in [2.24, 2.45) is 0 Å². The molecule has 11 heteroatoms. The molecular formula is C22H20F6N2O3. The number of halogens is 6. The van der Waals surface area contributed by atoms with Crippen LogP contribution < -0.4 is 10.1 Å². The fourth-order valence-corrected chi connectivity index (χ4v) is 3.78. The first-order valence-electron chi connectivity index (χ1n) is 10.0. The first kappa shape index (κ1) is 24.4. The number of piperidine rings is 1. The van der Waals surface area contributed by atoms with Crippen molar-refractivity contribution in [2.45, 2.75) is 44.8 Å². The zero-order valence-corrected chi connectivity index (χ0v) is 17.4. The van der Waals surface area contributed by atoms with Gasteiger partial charge in [-0.1, -0.05) is 24.3 Å². The summed E-state index contributed by atoms with van der Waals surface area (Å²) in [7, 11) is 0. The highest BCUT2D eigenvalue weighted by molar-refractivity contribution is 5.98. The SMILES string of the molecule is Cc1cc(NC(=O)C2CCCCN2C(=O)C(F)(F)F)ccc1-c1ccccc1OC(F)(F)F. The van der Waals surface area contributed by atoms with Gasteiger partial charge in [-0.2, -0.15) is 13.2 Å². The predicted molar refractivity (Wildman–Crippen MR) is 107 cm³/mol. The van der Waals surface area contributed by atoms with Crippen molar-refractivity contribution >= 4 is 17.5 Å². The Labute approximate surface area is 185 Å². The molecule has 1 aliphatic heterocycles. The van der Waals surface area contributed by atoms with E-state index in [9.17, 15) is 35.9 Å². The molecule has 0 spiro atoms. The summed E-state index contributed by atoms with van der Waals surface area (Å²) in [6.07, 6.45) is -9.02. The van der Waals surface area contributed by atoms with Crippen molar-refractivity contribution in [3.05, 3.63) is 48.0 Å². The zero-order valence-electron chi connectivity index (χ0n) is 17.4. The number of benzene rings is 2. The molecule has 1 unspecified atom stereocenters. The van der Waals surface area contributed by atoms with E-state index in [0.29, 0.717) is 28.9 Å². The lowest BCUT2D eigenvalue weighted by molar-refractivity contribution is -0.274. The van der Waals surface area contributed by atoms with Crippen molar-refractivity contribution in [3.8, 4) is 16.9 Å². The third-order valence-electron chi connectivity index (χ3n) is 5.21. The van der Waals surface area contributed by atoms with Gasteiger partial charge in [0.25, 0.3) is 0 Å². The molecule has 0 radical (unpaired) electrons. The number of nitrogens with one attached hydrogen (secondary N) is 1. The molecule has 1 heterocycles. The van der Waals surface area contributed by atoms with Gasteiger partial charge in [0.15, 0.2) is 0 Å². The Bertz CT molecular complexity index is 1040. The van der Waals surface area contributed by atoms with Crippen LogP contribution in [0.1, 0.15) is 24.8 Å². The molecule has 1 saturated heterocycles. The summed E-state index contributed by atoms with van der Waals surface area (Å²) < 4.78 is 80.9. The van der Waals surface area contributed by atoms with Gasteiger partial charge in [0.05, 0.1) is 0 Å². The molecule has 0 bridgehead atoms. The number of likely N-dealkylation sites (tertiary alicyclic amines) is 1. The third-order valence-corrected chi connectivity index (χ3v) is 5.21. The number of alkyl halides is 6. The second kappa shape index (κ2) is 9.32. The van der Waals surface area contributed by atoms with E-state index in [1.54, 1.807) is 13.0 Å². The lowest BCUT2D eigenvalue weighted by Gasteiger charge is -2.35. The molecule has 1 N–H and O–H groups in total. The van der Waals surface area contributed by atoms with Crippen LogP contribution in [-0.2, 0) is 9.59 Å². The molecule has 0 saturated carbocycles. The van der Waals surface area contributed by atoms with Gasteiger partial charge < -0.3 is 15.0 Å². The van der Waals surface area contributed by atoms with Crippen LogP contribution in [0.2, 0.25) is 0 Å². The number of carbonyl (C=O) groups excluding carboxylic acids is 2. The molecule has 178 valence electrons. The summed E-state index contributed by atoms with van der Waals surface area (Å²) in [6.45, 7) is 1.43. The number of amides is 2. The van der Waals surface area contributed by atoms with E-state index in [2.05, 4.69) is 10.1 Å². The first-order valence-corrected chi connectivity index (χ1v) is 10.0. The zero-order chi connectivity index (χ0) is 24.4. The highest BCUT2D eigenvalue weighted by Gasteiger charge is 2.46. The molecule has 2 aromatic rings. The molecule has 0 aromatic heterocycles. The highest BCUT2D eigenvalue weighted by atomic mass is 19.4. The minimum absolute atomic E-state index is 0.0902. The number of carbonyl (C=O) groups is 2. The highest BCUT2D eigenvalue weighted by Crippen LogP contribution is 2.36. The van der Waals surface area contributed by atoms with Crippen LogP contribution in [0, 0.1) is 6.92 Å². The number of anilines is 1. The van der Waals surface area contributed by atoms with E-state index >= 15 is 0 Å². The van der Waals surface area contributed by atoms with Crippen LogP contribution >= 0.6 is 0 Å². The number of para-hydroxylation sites is 1. The van der Waals surface area contributed by atoms with E-state index in [4.69, 9.17) is 0 Å². The van der Waals surface area contributed by atoms with E-state index < -0.39 is 36.1 Å². The monoisotopic (exact) mass is 474 g/mol. The number of nitrogens with zero attached hydrogens (tertiary/aromatic N) is 1. The van der Waals surface area contributed by atoms with Crippen LogP contribution in [0.25, 0.3) is 11.1 Å². The van der Waals surface area contributed by atoms with E-state index in [1.165, 1.54) is 36.4 Å². The Balaban J connectivity index is 1.81. The lowest BCUT2D eigenvalue weighted by atomic mass is 9.98. The molecule has 1 fully saturated rings. The van der Waals surface area contributed by atoms with Crippen molar-refractivity contribution in [3.63, 3.8) is 0 Å². The Morgan fingerprint density at radius 3 is 2.33 bits per heavy atom. The van der Waals surface area contributed by atoms with Crippen molar-refractivity contribution < 1.29 is 40.7 Å². The Morgan fingerprint density at radius 1 is 1.00 bits per heavy atom. The molecule has 2 aromatic carbocycles. The summed E-state index contributed by atoms with van der Waals surface area (Å²) >= 11 is 0. The minimum atomic E-state index is -5.08. The summed E-state index contributed by atoms with van der Waals surface area (Å²) in [6, 6.07) is 8.67. The van der Waals surface area contributed by atoms with Gasteiger partial charge in [-0.15, -0.1) is 13.2 Å². The molecule has 1 atom stereocenters. The standard InChI is InChI=1S/C22H20F6N2O3/c1-13-12-14(9-10-15(13)16-6-2-3-8-18(16)33-22(26,27)28)29-19(31)17-7-4-5-11-30(17)20(32)21(23,24)25/h2-3,6,8-10,12,17H,4-5,7,11H2,1H3,(H,29,31). The van der Waals surface area contributed by atoms with Gasteiger partial charge in [0, 0.05) is 17.8 Å². The smallest absolute Gasteiger partial charge is 0.405 e. The summed E-state index contributed by atoms with van der Waals surface area (Å²) in [5.74, 6) is -3.22. The molecule has 1 aliphatic rings. The van der Waals surface area contributed by atoms with E-state index in [0.717, 1.165) is 0 Å². The fraction of sp³-hybridized carbons (Fsp3) is 0.364. The number of hydrogen-bond donors (Lipinski definition) is 1. The molecule has 3 rings (SSSR count). The predicted octanol–water partition coefficient (Wildman–Crippen LogP) is 5.44. The first-order chi connectivity index (χ1) is 15.4. The van der Waals surface area contributed by atoms with Gasteiger partial charge in [-0.3, -0.25) is 9.59 Å². The van der Waals surface area contributed by atoms with Gasteiger partial charge in [0.2, 0.25) is 5.91 Å². The van der Waals surface area contributed by atoms with Gasteiger partial charge >= 0.3 is 18.4 Å². The fourth-order valence-electron chi connectivity index (χ4n) is 3.78. The van der Waals surface area contributed by atoms with Crippen molar-refractivity contribution in [1.82, 2.24) is 4.90 Å². The Kier molecular flexibility index (Phi) is 6.89. The lowest BCUT2D eigenvalue weighted by Crippen LogP contribution is -2.53. The van der Waals surface area contributed by atoms with Gasteiger partial charge in [0.1, 0.15) is 11.8 Å².